The molecule has 9 nitrogen and oxygen atoms in total. The third-order valence-corrected chi connectivity index (χ3v) is 6.60. The number of carbonyl (C=O) groups excluding carboxylic acids is 1. The summed E-state index contributed by atoms with van der Waals surface area (Å²) in [5.41, 5.74) is 2.01. The number of carbonyl (C=O) groups is 1. The van der Waals surface area contributed by atoms with E-state index in [1.807, 2.05) is 30.9 Å². The predicted octanol–water partition coefficient (Wildman–Crippen LogP) is -0.299. The molecule has 4 heterocycles. The van der Waals surface area contributed by atoms with E-state index in [1.165, 1.54) is 0 Å². The maximum Gasteiger partial charge on any atom is 0.229 e. The molecule has 3 aliphatic rings. The molecule has 9 heteroatoms. The molecule has 1 aromatic rings. The molecule has 2 atom stereocenters. The van der Waals surface area contributed by atoms with Gasteiger partial charge in [0.05, 0.1) is 30.4 Å². The molecule has 0 aromatic carbocycles. The third kappa shape index (κ3) is 4.24. The first-order valence-corrected chi connectivity index (χ1v) is 11.0. The first-order chi connectivity index (χ1) is 14.3. The van der Waals surface area contributed by atoms with Crippen LogP contribution in [0.15, 0.2) is 0 Å². The number of aliphatic hydroxyl groups excluding tert-OH is 2. The van der Waals surface area contributed by atoms with Crippen molar-refractivity contribution in [3.05, 3.63) is 11.3 Å². The number of nitrogens with zero attached hydrogens (tertiary/aromatic N) is 6. The molecule has 2 fully saturated rings. The van der Waals surface area contributed by atoms with Gasteiger partial charge in [-0.2, -0.15) is 4.98 Å². The lowest BCUT2D eigenvalue weighted by Crippen LogP contribution is -2.51. The Bertz CT molecular complexity index is 780. The minimum Gasteiger partial charge on any atom is -0.393 e. The van der Waals surface area contributed by atoms with Gasteiger partial charge in [-0.1, -0.05) is 0 Å². The van der Waals surface area contributed by atoms with Gasteiger partial charge >= 0.3 is 0 Å². The predicted molar refractivity (Wildman–Crippen MR) is 115 cm³/mol. The van der Waals surface area contributed by atoms with Gasteiger partial charge in [0.25, 0.3) is 0 Å². The van der Waals surface area contributed by atoms with Crippen LogP contribution in [0, 0.1) is 5.92 Å². The minimum absolute atomic E-state index is 0.0244. The van der Waals surface area contributed by atoms with E-state index in [1.54, 1.807) is 0 Å². The average molecular weight is 419 g/mol. The molecule has 1 amide bonds. The van der Waals surface area contributed by atoms with Crippen molar-refractivity contribution in [2.45, 2.75) is 44.4 Å². The van der Waals surface area contributed by atoms with Crippen LogP contribution in [0.4, 0.5) is 11.8 Å². The molecular weight excluding hydrogens is 384 g/mol. The summed E-state index contributed by atoms with van der Waals surface area (Å²) in [6.07, 6.45) is 1.93. The van der Waals surface area contributed by atoms with Crippen molar-refractivity contribution in [3.63, 3.8) is 0 Å². The quantitative estimate of drug-likeness (QED) is 0.691. The second kappa shape index (κ2) is 8.64. The number of rotatable bonds is 3. The summed E-state index contributed by atoms with van der Waals surface area (Å²) in [5, 5.41) is 20.3. The van der Waals surface area contributed by atoms with Gasteiger partial charge in [0, 0.05) is 58.8 Å². The molecular formula is C21H34N6O3. The van der Waals surface area contributed by atoms with E-state index in [2.05, 4.69) is 9.80 Å². The van der Waals surface area contributed by atoms with E-state index < -0.39 is 6.10 Å². The fourth-order valence-electron chi connectivity index (χ4n) is 4.69. The summed E-state index contributed by atoms with van der Waals surface area (Å²) in [4.78, 5) is 31.0. The maximum absolute atomic E-state index is 13.3. The normalized spacial score (nSPS) is 25.9. The molecule has 0 saturated carbocycles. The van der Waals surface area contributed by atoms with Crippen molar-refractivity contribution in [2.24, 2.45) is 5.92 Å². The number of aliphatic hydroxyl groups is 2. The summed E-state index contributed by atoms with van der Waals surface area (Å²) >= 11 is 0. The molecule has 0 radical (unpaired) electrons. The molecule has 4 rings (SSSR count). The molecule has 2 saturated heterocycles. The number of hydrogen-bond donors (Lipinski definition) is 2. The van der Waals surface area contributed by atoms with E-state index in [0.29, 0.717) is 38.4 Å². The van der Waals surface area contributed by atoms with Crippen LogP contribution >= 0.6 is 0 Å². The molecule has 30 heavy (non-hydrogen) atoms. The fourth-order valence-corrected chi connectivity index (χ4v) is 4.69. The second-order valence-electron chi connectivity index (χ2n) is 9.12. The topological polar surface area (TPSA) is 96.3 Å². The van der Waals surface area contributed by atoms with Crippen LogP contribution in [0.2, 0.25) is 0 Å². The van der Waals surface area contributed by atoms with Crippen LogP contribution in [0.5, 0.6) is 0 Å². The fraction of sp³-hybridized carbons (Fsp3) is 0.762. The number of fused-ring (bicyclic) bond motifs is 1. The lowest BCUT2D eigenvalue weighted by Gasteiger charge is -2.39. The summed E-state index contributed by atoms with van der Waals surface area (Å²) in [7, 11) is 5.87. The Labute approximate surface area is 178 Å². The summed E-state index contributed by atoms with van der Waals surface area (Å²) in [6.45, 7) is 4.00. The standard InChI is InChI=1S/C21H34N6O3/c1-24(2)21-22-17-6-11-27(20(30)16-12-25(3)8-7-18(16)29)13-15(17)19(23-21)26-9-4-14(28)5-10-26/h14,16,18,28-29H,4-13H2,1-3H3/t16-,18-/m1/s1. The van der Waals surface area contributed by atoms with Gasteiger partial charge in [0.15, 0.2) is 0 Å². The molecule has 0 spiro atoms. The number of hydrogen-bond acceptors (Lipinski definition) is 8. The monoisotopic (exact) mass is 418 g/mol. The van der Waals surface area contributed by atoms with Crippen LogP contribution in [0.1, 0.15) is 30.5 Å². The number of aromatic nitrogens is 2. The second-order valence-corrected chi connectivity index (χ2v) is 9.12. The van der Waals surface area contributed by atoms with Crippen LogP contribution < -0.4 is 9.80 Å². The van der Waals surface area contributed by atoms with Crippen molar-refractivity contribution >= 4 is 17.7 Å². The molecule has 0 bridgehead atoms. The highest BCUT2D eigenvalue weighted by Crippen LogP contribution is 2.31. The number of anilines is 2. The van der Waals surface area contributed by atoms with Gasteiger partial charge in [-0.25, -0.2) is 4.98 Å². The SMILES string of the molecule is CN1CC[C@@H](O)[C@H](C(=O)N2CCc3nc(N(C)C)nc(N4CCC(O)CC4)c3C2)C1. The Kier molecular flexibility index (Phi) is 6.13. The summed E-state index contributed by atoms with van der Waals surface area (Å²) in [6, 6.07) is 0. The lowest BCUT2D eigenvalue weighted by molar-refractivity contribution is -0.143. The van der Waals surface area contributed by atoms with Crippen LogP contribution in [-0.2, 0) is 17.8 Å². The van der Waals surface area contributed by atoms with Gasteiger partial charge in [-0.3, -0.25) is 4.79 Å². The highest BCUT2D eigenvalue weighted by atomic mass is 16.3. The van der Waals surface area contributed by atoms with E-state index in [-0.39, 0.29) is 17.9 Å². The summed E-state index contributed by atoms with van der Waals surface area (Å²) in [5.74, 6) is 1.21. The van der Waals surface area contributed by atoms with Crippen LogP contribution in [-0.4, -0.2) is 102 Å². The van der Waals surface area contributed by atoms with E-state index in [0.717, 1.165) is 49.6 Å². The van der Waals surface area contributed by atoms with E-state index >= 15 is 0 Å². The first kappa shape index (κ1) is 21.3. The summed E-state index contributed by atoms with van der Waals surface area (Å²) < 4.78 is 0. The van der Waals surface area contributed by atoms with Gasteiger partial charge in [-0.15, -0.1) is 0 Å². The molecule has 166 valence electrons. The van der Waals surface area contributed by atoms with Crippen molar-refractivity contribution in [1.82, 2.24) is 19.8 Å². The van der Waals surface area contributed by atoms with Gasteiger partial charge in [0.1, 0.15) is 5.82 Å². The Balaban J connectivity index is 1.60. The highest BCUT2D eigenvalue weighted by Gasteiger charge is 2.37. The smallest absolute Gasteiger partial charge is 0.229 e. The lowest BCUT2D eigenvalue weighted by atomic mass is 9.92. The molecule has 1 aromatic heterocycles. The van der Waals surface area contributed by atoms with E-state index in [9.17, 15) is 15.0 Å². The maximum atomic E-state index is 13.3. The van der Waals surface area contributed by atoms with Crippen LogP contribution in [0.3, 0.4) is 0 Å². The number of piperidine rings is 2. The van der Waals surface area contributed by atoms with Crippen molar-refractivity contribution in [2.75, 3.05) is 63.7 Å². The highest BCUT2D eigenvalue weighted by molar-refractivity contribution is 5.80. The Morgan fingerprint density at radius 3 is 2.50 bits per heavy atom. The number of amides is 1. The Hall–Kier alpha value is -1.97. The third-order valence-electron chi connectivity index (χ3n) is 6.60. The average Bonchev–Trinajstić information content (AvgIpc) is 2.74. The molecule has 0 unspecified atom stereocenters. The van der Waals surface area contributed by atoms with Crippen LogP contribution in [0.25, 0.3) is 0 Å². The van der Waals surface area contributed by atoms with Gasteiger partial charge in [0.2, 0.25) is 11.9 Å². The largest absolute Gasteiger partial charge is 0.393 e. The zero-order valence-electron chi connectivity index (χ0n) is 18.3. The van der Waals surface area contributed by atoms with E-state index in [4.69, 9.17) is 9.97 Å². The zero-order valence-corrected chi connectivity index (χ0v) is 18.3. The Morgan fingerprint density at radius 1 is 1.07 bits per heavy atom. The first-order valence-electron chi connectivity index (χ1n) is 11.0. The molecule has 0 aliphatic carbocycles. The Morgan fingerprint density at radius 2 is 1.80 bits per heavy atom. The van der Waals surface area contributed by atoms with Crippen molar-refractivity contribution in [1.29, 1.82) is 0 Å². The van der Waals surface area contributed by atoms with Gasteiger partial charge in [-0.05, 0) is 26.3 Å². The van der Waals surface area contributed by atoms with Gasteiger partial charge < -0.3 is 29.8 Å². The number of likely N-dealkylation sites (tertiary alicyclic amines) is 1. The molecule has 2 N–H and O–H groups in total. The van der Waals surface area contributed by atoms with Crippen molar-refractivity contribution in [3.8, 4) is 0 Å². The van der Waals surface area contributed by atoms with Crippen molar-refractivity contribution < 1.29 is 15.0 Å². The molecule has 3 aliphatic heterocycles. The zero-order chi connectivity index (χ0) is 21.4. The minimum atomic E-state index is -0.578.